The summed E-state index contributed by atoms with van der Waals surface area (Å²) in [6.07, 6.45) is 0.804. The van der Waals surface area contributed by atoms with Crippen molar-refractivity contribution in [2.45, 2.75) is 32.7 Å². The van der Waals surface area contributed by atoms with Crippen LogP contribution in [0, 0.1) is 0 Å². The van der Waals surface area contributed by atoms with Gasteiger partial charge in [-0.15, -0.1) is 0 Å². The van der Waals surface area contributed by atoms with E-state index < -0.39 is 0 Å². The molecule has 1 heterocycles. The van der Waals surface area contributed by atoms with Crippen LogP contribution < -0.4 is 10.6 Å². The first-order valence-electron chi connectivity index (χ1n) is 7.01. The van der Waals surface area contributed by atoms with Crippen molar-refractivity contribution in [2.24, 2.45) is 0 Å². The van der Waals surface area contributed by atoms with E-state index >= 15 is 0 Å². The lowest BCUT2D eigenvalue weighted by Gasteiger charge is -2.28. The molecule has 108 valence electrons. The highest BCUT2D eigenvalue weighted by atomic mass is 16.3. The Morgan fingerprint density at radius 2 is 1.95 bits per heavy atom. The van der Waals surface area contributed by atoms with Gasteiger partial charge in [0.25, 0.3) is 0 Å². The molecule has 0 fully saturated rings. The van der Waals surface area contributed by atoms with Gasteiger partial charge in [-0.2, -0.15) is 4.98 Å². The standard InChI is InChI=1S/C15H22N4O/c1-4-15(3,10-20)19-13-11-8-6-7-9-12(11)17-14(18-13)16-5-2/h6-9,20H,4-5,10H2,1-3H3,(H2,16,17,18,19). The van der Waals surface area contributed by atoms with Crippen LogP contribution in [-0.2, 0) is 0 Å². The highest BCUT2D eigenvalue weighted by Crippen LogP contribution is 2.25. The molecule has 1 aromatic heterocycles. The van der Waals surface area contributed by atoms with Crippen LogP contribution in [0.25, 0.3) is 10.9 Å². The Kier molecular flexibility index (Phi) is 4.39. The monoisotopic (exact) mass is 274 g/mol. The summed E-state index contributed by atoms with van der Waals surface area (Å²) in [6, 6.07) is 7.87. The first kappa shape index (κ1) is 14.5. The van der Waals surface area contributed by atoms with Gasteiger partial charge in [0.15, 0.2) is 0 Å². The molecule has 0 aliphatic heterocycles. The van der Waals surface area contributed by atoms with E-state index in [0.29, 0.717) is 5.95 Å². The summed E-state index contributed by atoms with van der Waals surface area (Å²) in [6.45, 7) is 6.85. The molecule has 1 unspecified atom stereocenters. The second kappa shape index (κ2) is 6.05. The van der Waals surface area contributed by atoms with Crippen LogP contribution in [0.5, 0.6) is 0 Å². The number of nitrogens with one attached hydrogen (secondary N) is 2. The molecule has 3 N–H and O–H groups in total. The van der Waals surface area contributed by atoms with Crippen LogP contribution in [0.1, 0.15) is 27.2 Å². The number of anilines is 2. The summed E-state index contributed by atoms with van der Waals surface area (Å²) in [5.74, 6) is 1.36. The Hall–Kier alpha value is -1.88. The third-order valence-corrected chi connectivity index (χ3v) is 3.49. The minimum absolute atomic E-state index is 0.0539. The number of fused-ring (bicyclic) bond motifs is 1. The molecule has 5 heteroatoms. The topological polar surface area (TPSA) is 70.1 Å². The van der Waals surface area contributed by atoms with Crippen LogP contribution in [0.4, 0.5) is 11.8 Å². The van der Waals surface area contributed by atoms with E-state index in [9.17, 15) is 5.11 Å². The maximum atomic E-state index is 9.57. The third kappa shape index (κ3) is 2.99. The van der Waals surface area contributed by atoms with E-state index in [1.54, 1.807) is 0 Å². The molecular weight excluding hydrogens is 252 g/mol. The van der Waals surface area contributed by atoms with Crippen molar-refractivity contribution in [1.82, 2.24) is 9.97 Å². The van der Waals surface area contributed by atoms with Gasteiger partial charge >= 0.3 is 0 Å². The second-order valence-electron chi connectivity index (χ2n) is 5.14. The molecule has 0 radical (unpaired) electrons. The van der Waals surface area contributed by atoms with E-state index in [4.69, 9.17) is 0 Å². The fraction of sp³-hybridized carbons (Fsp3) is 0.467. The first-order chi connectivity index (χ1) is 9.61. The molecule has 2 rings (SSSR count). The molecule has 20 heavy (non-hydrogen) atoms. The fourth-order valence-electron chi connectivity index (χ4n) is 1.93. The lowest BCUT2D eigenvalue weighted by Crippen LogP contribution is -2.38. The van der Waals surface area contributed by atoms with Crippen LogP contribution in [0.3, 0.4) is 0 Å². The third-order valence-electron chi connectivity index (χ3n) is 3.49. The predicted octanol–water partition coefficient (Wildman–Crippen LogP) is 2.63. The Morgan fingerprint density at radius 1 is 1.20 bits per heavy atom. The van der Waals surface area contributed by atoms with Gasteiger partial charge < -0.3 is 15.7 Å². The number of aromatic nitrogens is 2. The zero-order valence-corrected chi connectivity index (χ0v) is 12.3. The van der Waals surface area contributed by atoms with Crippen LogP contribution in [-0.4, -0.2) is 33.8 Å². The summed E-state index contributed by atoms with van der Waals surface area (Å²) >= 11 is 0. The summed E-state index contributed by atoms with van der Waals surface area (Å²) in [7, 11) is 0. The minimum atomic E-state index is -0.388. The predicted molar refractivity (Wildman–Crippen MR) is 83.1 cm³/mol. The smallest absolute Gasteiger partial charge is 0.225 e. The van der Waals surface area contributed by atoms with Crippen LogP contribution in [0.2, 0.25) is 0 Å². The Morgan fingerprint density at radius 3 is 2.60 bits per heavy atom. The number of hydrogen-bond acceptors (Lipinski definition) is 5. The Balaban J connectivity index is 2.49. The molecule has 1 aromatic carbocycles. The van der Waals surface area contributed by atoms with E-state index in [1.807, 2.05) is 45.0 Å². The SMILES string of the molecule is CCNc1nc(NC(C)(CC)CO)c2ccccc2n1. The fourth-order valence-corrected chi connectivity index (χ4v) is 1.93. The van der Waals surface area contributed by atoms with Gasteiger partial charge in [-0.1, -0.05) is 19.1 Å². The molecule has 0 saturated carbocycles. The Bertz CT molecular complexity index is 581. The molecule has 2 aromatic rings. The molecule has 0 spiro atoms. The van der Waals surface area contributed by atoms with Gasteiger partial charge in [0.05, 0.1) is 17.7 Å². The molecule has 0 aliphatic carbocycles. The maximum Gasteiger partial charge on any atom is 0.225 e. The van der Waals surface area contributed by atoms with Gasteiger partial charge in [0.1, 0.15) is 5.82 Å². The molecule has 1 atom stereocenters. The maximum absolute atomic E-state index is 9.57. The van der Waals surface area contributed by atoms with Gasteiger partial charge in [-0.25, -0.2) is 4.98 Å². The largest absolute Gasteiger partial charge is 0.394 e. The van der Waals surface area contributed by atoms with Crippen LogP contribution >= 0.6 is 0 Å². The van der Waals surface area contributed by atoms with Gasteiger partial charge in [0.2, 0.25) is 5.95 Å². The zero-order valence-electron chi connectivity index (χ0n) is 12.3. The van der Waals surface area contributed by atoms with Crippen molar-refractivity contribution >= 4 is 22.7 Å². The highest BCUT2D eigenvalue weighted by Gasteiger charge is 2.22. The molecule has 5 nitrogen and oxygen atoms in total. The summed E-state index contributed by atoms with van der Waals surface area (Å²) in [5.41, 5.74) is 0.498. The lowest BCUT2D eigenvalue weighted by molar-refractivity contribution is 0.218. The molecule has 0 amide bonds. The molecule has 0 aliphatic rings. The number of rotatable bonds is 6. The van der Waals surface area contributed by atoms with E-state index in [2.05, 4.69) is 20.6 Å². The Labute approximate surface area is 119 Å². The quantitative estimate of drug-likeness (QED) is 0.755. The zero-order chi connectivity index (χ0) is 14.6. The summed E-state index contributed by atoms with van der Waals surface area (Å²) in [5, 5.41) is 17.0. The summed E-state index contributed by atoms with van der Waals surface area (Å²) < 4.78 is 0. The average Bonchev–Trinajstić information content (AvgIpc) is 2.47. The molecule has 0 bridgehead atoms. The normalized spacial score (nSPS) is 14.0. The van der Waals surface area contributed by atoms with E-state index in [1.165, 1.54) is 0 Å². The number of nitrogens with zero attached hydrogens (tertiary/aromatic N) is 2. The summed E-state index contributed by atoms with van der Waals surface area (Å²) in [4.78, 5) is 9.01. The number of para-hydroxylation sites is 1. The molecular formula is C15H22N4O. The first-order valence-corrected chi connectivity index (χ1v) is 7.01. The van der Waals surface area contributed by atoms with Crippen molar-refractivity contribution in [3.63, 3.8) is 0 Å². The van der Waals surface area contributed by atoms with Crippen molar-refractivity contribution in [1.29, 1.82) is 0 Å². The average molecular weight is 274 g/mol. The van der Waals surface area contributed by atoms with E-state index in [0.717, 1.165) is 29.7 Å². The molecule has 0 saturated heterocycles. The number of aliphatic hydroxyl groups excluding tert-OH is 1. The van der Waals surface area contributed by atoms with Gasteiger partial charge in [-0.05, 0) is 32.4 Å². The van der Waals surface area contributed by atoms with Crippen molar-refractivity contribution in [2.75, 3.05) is 23.8 Å². The number of aliphatic hydroxyl groups is 1. The van der Waals surface area contributed by atoms with Gasteiger partial charge in [0, 0.05) is 11.9 Å². The number of hydrogen-bond donors (Lipinski definition) is 3. The van der Waals surface area contributed by atoms with Crippen molar-refractivity contribution < 1.29 is 5.11 Å². The minimum Gasteiger partial charge on any atom is -0.394 e. The van der Waals surface area contributed by atoms with Crippen LogP contribution in [0.15, 0.2) is 24.3 Å². The lowest BCUT2D eigenvalue weighted by atomic mass is 10.00. The van der Waals surface area contributed by atoms with E-state index in [-0.39, 0.29) is 12.1 Å². The van der Waals surface area contributed by atoms with Crippen molar-refractivity contribution in [3.8, 4) is 0 Å². The number of benzene rings is 1. The van der Waals surface area contributed by atoms with Gasteiger partial charge in [-0.3, -0.25) is 0 Å². The highest BCUT2D eigenvalue weighted by molar-refractivity contribution is 5.90. The van der Waals surface area contributed by atoms with Crippen molar-refractivity contribution in [3.05, 3.63) is 24.3 Å². The second-order valence-corrected chi connectivity index (χ2v) is 5.14.